The van der Waals surface area contributed by atoms with Crippen LogP contribution < -0.4 is 11.1 Å². The molecule has 104 valence electrons. The number of carbonyl (C=O) groups is 2. The molecule has 1 aromatic rings. The summed E-state index contributed by atoms with van der Waals surface area (Å²) in [6.45, 7) is 1.97. The first-order valence-electron chi connectivity index (χ1n) is 5.89. The number of amides is 2. The van der Waals surface area contributed by atoms with Crippen molar-refractivity contribution in [3.63, 3.8) is 0 Å². The molecule has 1 aromatic carbocycles. The van der Waals surface area contributed by atoms with Gasteiger partial charge in [0.2, 0.25) is 5.91 Å². The van der Waals surface area contributed by atoms with E-state index in [9.17, 15) is 9.59 Å². The average Bonchev–Trinajstić information content (AvgIpc) is 2.39. The van der Waals surface area contributed by atoms with E-state index in [1.54, 1.807) is 39.2 Å². The number of carbonyl (C=O) groups excluding carboxylic acids is 2. The topological polar surface area (TPSA) is 75.4 Å². The standard InChI is InChI=1S/C13H18ClN3O2/c1-8(7-15)12(18)16-11-6-9(4-5-10(11)14)13(19)17(2)3/h4-6,8H,7,15H2,1-3H3,(H,16,18). The molecule has 0 heterocycles. The van der Waals surface area contributed by atoms with Gasteiger partial charge in [-0.25, -0.2) is 0 Å². The molecule has 3 N–H and O–H groups in total. The number of halogens is 1. The number of nitrogens with one attached hydrogen (secondary N) is 1. The van der Waals surface area contributed by atoms with E-state index in [4.69, 9.17) is 17.3 Å². The van der Waals surface area contributed by atoms with Gasteiger partial charge in [-0.3, -0.25) is 9.59 Å². The first-order valence-corrected chi connectivity index (χ1v) is 6.26. The van der Waals surface area contributed by atoms with Crippen LogP contribution in [0.25, 0.3) is 0 Å². The van der Waals surface area contributed by atoms with Crippen LogP contribution in [0.4, 0.5) is 5.69 Å². The second-order valence-corrected chi connectivity index (χ2v) is 4.93. The molecule has 0 aliphatic heterocycles. The van der Waals surface area contributed by atoms with E-state index < -0.39 is 0 Å². The van der Waals surface area contributed by atoms with Crippen LogP contribution in [-0.4, -0.2) is 37.4 Å². The Morgan fingerprint density at radius 2 is 2.05 bits per heavy atom. The normalized spacial score (nSPS) is 11.8. The maximum atomic E-state index is 11.8. The van der Waals surface area contributed by atoms with Gasteiger partial charge >= 0.3 is 0 Å². The van der Waals surface area contributed by atoms with Gasteiger partial charge in [-0.15, -0.1) is 0 Å². The van der Waals surface area contributed by atoms with Crippen LogP contribution in [0.1, 0.15) is 17.3 Å². The lowest BCUT2D eigenvalue weighted by Gasteiger charge is -2.14. The smallest absolute Gasteiger partial charge is 0.253 e. The third-order valence-electron chi connectivity index (χ3n) is 2.68. The molecule has 0 aliphatic rings. The number of nitrogens with two attached hydrogens (primary N) is 1. The molecule has 5 nitrogen and oxygen atoms in total. The number of rotatable bonds is 4. The summed E-state index contributed by atoms with van der Waals surface area (Å²) in [6.07, 6.45) is 0. The van der Waals surface area contributed by atoms with E-state index in [2.05, 4.69) is 5.32 Å². The molecule has 0 radical (unpaired) electrons. The highest BCUT2D eigenvalue weighted by Gasteiger charge is 2.15. The number of hydrogen-bond acceptors (Lipinski definition) is 3. The van der Waals surface area contributed by atoms with Crippen molar-refractivity contribution in [3.8, 4) is 0 Å². The molecule has 1 atom stereocenters. The Balaban J connectivity index is 2.98. The average molecular weight is 284 g/mol. The third kappa shape index (κ3) is 3.94. The zero-order valence-corrected chi connectivity index (χ0v) is 12.0. The molecule has 6 heteroatoms. The fraction of sp³-hybridized carbons (Fsp3) is 0.385. The Labute approximate surface area is 117 Å². The summed E-state index contributed by atoms with van der Waals surface area (Å²) in [6, 6.07) is 4.76. The quantitative estimate of drug-likeness (QED) is 0.881. The van der Waals surface area contributed by atoms with Crippen LogP contribution in [0.5, 0.6) is 0 Å². The van der Waals surface area contributed by atoms with Gasteiger partial charge in [0.15, 0.2) is 0 Å². The predicted octanol–water partition coefficient (Wildman–Crippen LogP) is 1.58. The van der Waals surface area contributed by atoms with Gasteiger partial charge in [0, 0.05) is 32.1 Å². The summed E-state index contributed by atoms with van der Waals surface area (Å²) in [7, 11) is 3.32. The van der Waals surface area contributed by atoms with Crippen molar-refractivity contribution in [2.75, 3.05) is 26.0 Å². The van der Waals surface area contributed by atoms with Gasteiger partial charge in [-0.2, -0.15) is 0 Å². The Kier molecular flexibility index (Phi) is 5.32. The fourth-order valence-electron chi connectivity index (χ4n) is 1.38. The summed E-state index contributed by atoms with van der Waals surface area (Å²) in [5.41, 5.74) is 6.31. The molecule has 0 saturated carbocycles. The Morgan fingerprint density at radius 1 is 1.42 bits per heavy atom. The lowest BCUT2D eigenvalue weighted by molar-refractivity contribution is -0.119. The molecule has 19 heavy (non-hydrogen) atoms. The maximum absolute atomic E-state index is 11.8. The molecule has 0 spiro atoms. The van der Waals surface area contributed by atoms with E-state index in [1.807, 2.05) is 0 Å². The Hall–Kier alpha value is -1.59. The summed E-state index contributed by atoms with van der Waals surface area (Å²) in [4.78, 5) is 25.1. The predicted molar refractivity (Wildman–Crippen MR) is 76.3 cm³/mol. The molecule has 0 aliphatic carbocycles. The third-order valence-corrected chi connectivity index (χ3v) is 3.01. The zero-order chi connectivity index (χ0) is 14.6. The molecule has 0 fully saturated rings. The Bertz CT molecular complexity index is 489. The molecule has 0 saturated heterocycles. The summed E-state index contributed by atoms with van der Waals surface area (Å²) >= 11 is 6.00. The minimum atomic E-state index is -0.315. The largest absolute Gasteiger partial charge is 0.345 e. The number of nitrogens with zero attached hydrogens (tertiary/aromatic N) is 1. The first-order chi connectivity index (χ1) is 8.86. The fourth-order valence-corrected chi connectivity index (χ4v) is 1.54. The molecular weight excluding hydrogens is 266 g/mol. The van der Waals surface area contributed by atoms with Crippen molar-refractivity contribution < 1.29 is 9.59 Å². The van der Waals surface area contributed by atoms with Crippen molar-refractivity contribution in [1.29, 1.82) is 0 Å². The lowest BCUT2D eigenvalue weighted by atomic mass is 10.1. The monoisotopic (exact) mass is 283 g/mol. The van der Waals surface area contributed by atoms with Crippen LogP contribution in [0.2, 0.25) is 5.02 Å². The van der Waals surface area contributed by atoms with Crippen molar-refractivity contribution in [2.45, 2.75) is 6.92 Å². The molecule has 0 bridgehead atoms. The highest BCUT2D eigenvalue weighted by Crippen LogP contribution is 2.24. The molecule has 0 aromatic heterocycles. The second-order valence-electron chi connectivity index (χ2n) is 4.52. The minimum Gasteiger partial charge on any atom is -0.345 e. The van der Waals surface area contributed by atoms with Crippen molar-refractivity contribution in [1.82, 2.24) is 4.90 Å². The summed E-state index contributed by atoms with van der Waals surface area (Å²) in [5.74, 6) is -0.692. The lowest BCUT2D eigenvalue weighted by Crippen LogP contribution is -2.27. The second kappa shape index (κ2) is 6.54. The van der Waals surface area contributed by atoms with E-state index in [1.165, 1.54) is 4.90 Å². The van der Waals surface area contributed by atoms with Gasteiger partial charge in [-0.05, 0) is 18.2 Å². The summed E-state index contributed by atoms with van der Waals surface area (Å²) in [5, 5.41) is 3.06. The molecular formula is C13H18ClN3O2. The SMILES string of the molecule is CC(CN)C(=O)Nc1cc(C(=O)N(C)C)ccc1Cl. The van der Waals surface area contributed by atoms with Crippen LogP contribution >= 0.6 is 11.6 Å². The minimum absolute atomic E-state index is 0.154. The summed E-state index contributed by atoms with van der Waals surface area (Å²) < 4.78 is 0. The van der Waals surface area contributed by atoms with Crippen molar-refractivity contribution >= 4 is 29.1 Å². The maximum Gasteiger partial charge on any atom is 0.253 e. The van der Waals surface area contributed by atoms with Crippen molar-refractivity contribution in [3.05, 3.63) is 28.8 Å². The van der Waals surface area contributed by atoms with Crippen LogP contribution in [0.3, 0.4) is 0 Å². The number of anilines is 1. The van der Waals surface area contributed by atoms with E-state index in [0.717, 1.165) is 0 Å². The van der Waals surface area contributed by atoms with E-state index >= 15 is 0 Å². The van der Waals surface area contributed by atoms with Crippen LogP contribution in [0.15, 0.2) is 18.2 Å². The first kappa shape index (κ1) is 15.5. The molecule has 1 unspecified atom stereocenters. The van der Waals surface area contributed by atoms with E-state index in [0.29, 0.717) is 16.3 Å². The number of benzene rings is 1. The highest BCUT2D eigenvalue weighted by atomic mass is 35.5. The van der Waals surface area contributed by atoms with Gasteiger partial charge in [0.25, 0.3) is 5.91 Å². The number of hydrogen-bond donors (Lipinski definition) is 2. The van der Waals surface area contributed by atoms with Gasteiger partial charge < -0.3 is 16.0 Å². The van der Waals surface area contributed by atoms with Crippen LogP contribution in [0, 0.1) is 5.92 Å². The van der Waals surface area contributed by atoms with Gasteiger partial charge in [0.05, 0.1) is 10.7 Å². The van der Waals surface area contributed by atoms with Crippen LogP contribution in [-0.2, 0) is 4.79 Å². The van der Waals surface area contributed by atoms with E-state index in [-0.39, 0.29) is 24.3 Å². The van der Waals surface area contributed by atoms with Gasteiger partial charge in [-0.1, -0.05) is 18.5 Å². The highest BCUT2D eigenvalue weighted by molar-refractivity contribution is 6.33. The molecule has 1 rings (SSSR count). The zero-order valence-electron chi connectivity index (χ0n) is 11.2. The van der Waals surface area contributed by atoms with Crippen molar-refractivity contribution in [2.24, 2.45) is 11.7 Å². The Morgan fingerprint density at radius 3 is 2.58 bits per heavy atom. The van der Waals surface area contributed by atoms with Gasteiger partial charge in [0.1, 0.15) is 0 Å². The molecule has 2 amide bonds.